The summed E-state index contributed by atoms with van der Waals surface area (Å²) in [7, 11) is 0. The molecule has 15 heavy (non-hydrogen) atoms. The van der Waals surface area contributed by atoms with Gasteiger partial charge in [0.15, 0.2) is 0 Å². The maximum absolute atomic E-state index is 12.6. The number of rotatable bonds is 1. The van der Waals surface area contributed by atoms with Crippen LogP contribution in [0.15, 0.2) is 24.3 Å². The molecule has 0 aliphatic heterocycles. The second-order valence-electron chi connectivity index (χ2n) is 4.63. The van der Waals surface area contributed by atoms with Crippen LogP contribution in [-0.4, -0.2) is 0 Å². The summed E-state index contributed by atoms with van der Waals surface area (Å²) in [6.45, 7) is 6.50. The normalized spacial score (nSPS) is 17.3. The van der Waals surface area contributed by atoms with Gasteiger partial charge in [0, 0.05) is 0 Å². The smallest absolute Gasteiger partial charge is 0.123 e. The lowest BCUT2D eigenvalue weighted by Crippen LogP contribution is -2.30. The van der Waals surface area contributed by atoms with Crippen LogP contribution in [0.4, 0.5) is 4.39 Å². The highest BCUT2D eigenvalue weighted by molar-refractivity contribution is 5.27. The van der Waals surface area contributed by atoms with Gasteiger partial charge in [-0.1, -0.05) is 45.7 Å². The minimum Gasteiger partial charge on any atom is -0.207 e. The summed E-state index contributed by atoms with van der Waals surface area (Å²) >= 11 is 0. The zero-order valence-corrected chi connectivity index (χ0v) is 10.0. The Morgan fingerprint density at radius 3 is 1.93 bits per heavy atom. The van der Waals surface area contributed by atoms with Crippen LogP contribution in [0, 0.1) is 5.82 Å². The van der Waals surface area contributed by atoms with Crippen LogP contribution in [-0.2, 0) is 5.41 Å². The fourth-order valence-electron chi connectivity index (χ4n) is 1.85. The molecule has 0 bridgehead atoms. The van der Waals surface area contributed by atoms with Crippen molar-refractivity contribution in [3.63, 3.8) is 0 Å². The molecule has 0 nitrogen and oxygen atoms in total. The first kappa shape index (κ1) is 12.2. The zero-order chi connectivity index (χ0) is 11.3. The van der Waals surface area contributed by atoms with E-state index in [9.17, 15) is 4.39 Å². The van der Waals surface area contributed by atoms with Crippen LogP contribution in [0.5, 0.6) is 0 Å². The molecule has 0 heterocycles. The highest BCUT2D eigenvalue weighted by Gasteiger charge is 2.33. The van der Waals surface area contributed by atoms with Crippen molar-refractivity contribution < 1.29 is 4.39 Å². The first-order chi connectivity index (χ1) is 7.12. The second-order valence-corrected chi connectivity index (χ2v) is 4.63. The van der Waals surface area contributed by atoms with Crippen molar-refractivity contribution in [2.24, 2.45) is 0 Å². The molecule has 2 rings (SSSR count). The van der Waals surface area contributed by atoms with E-state index in [-0.39, 0.29) is 5.82 Å². The predicted molar refractivity (Wildman–Crippen MR) is 63.6 cm³/mol. The van der Waals surface area contributed by atoms with Gasteiger partial charge in [-0.25, -0.2) is 4.39 Å². The van der Waals surface area contributed by atoms with E-state index in [0.717, 1.165) is 0 Å². The highest BCUT2D eigenvalue weighted by atomic mass is 19.1. The Balaban J connectivity index is 0.000000337. The van der Waals surface area contributed by atoms with Gasteiger partial charge in [0.05, 0.1) is 0 Å². The van der Waals surface area contributed by atoms with E-state index >= 15 is 0 Å². The van der Waals surface area contributed by atoms with Gasteiger partial charge in [0.1, 0.15) is 5.82 Å². The van der Waals surface area contributed by atoms with Gasteiger partial charge >= 0.3 is 0 Å². The van der Waals surface area contributed by atoms with Crippen molar-refractivity contribution >= 4 is 0 Å². The molecule has 1 heteroatoms. The van der Waals surface area contributed by atoms with Gasteiger partial charge in [-0.3, -0.25) is 0 Å². The molecule has 1 aromatic rings. The molecule has 1 aliphatic rings. The summed E-state index contributed by atoms with van der Waals surface area (Å²) in [5, 5.41) is 0. The lowest BCUT2D eigenvalue weighted by molar-refractivity contribution is 0.272. The Hall–Kier alpha value is -0.850. The van der Waals surface area contributed by atoms with E-state index in [1.54, 1.807) is 12.1 Å². The van der Waals surface area contributed by atoms with Gasteiger partial charge in [0.25, 0.3) is 0 Å². The summed E-state index contributed by atoms with van der Waals surface area (Å²) in [5.74, 6) is -0.137. The third-order valence-corrected chi connectivity index (χ3v) is 3.00. The Morgan fingerprint density at radius 2 is 1.60 bits per heavy atom. The van der Waals surface area contributed by atoms with Gasteiger partial charge in [0.2, 0.25) is 0 Å². The zero-order valence-electron chi connectivity index (χ0n) is 10.0. The first-order valence-electron chi connectivity index (χ1n) is 5.88. The summed E-state index contributed by atoms with van der Waals surface area (Å²) in [4.78, 5) is 0. The number of halogens is 1. The molecular formula is C14H21F. The highest BCUT2D eigenvalue weighted by Crippen LogP contribution is 2.42. The molecular weight excluding hydrogens is 187 g/mol. The third kappa shape index (κ3) is 3.05. The average molecular weight is 208 g/mol. The number of benzene rings is 1. The Bertz CT molecular complexity index is 283. The van der Waals surface area contributed by atoms with Crippen molar-refractivity contribution in [2.45, 2.75) is 51.9 Å². The molecule has 0 N–H and O–H groups in total. The van der Waals surface area contributed by atoms with Crippen molar-refractivity contribution in [3.05, 3.63) is 35.6 Å². The maximum atomic E-state index is 12.6. The van der Waals surface area contributed by atoms with E-state index in [2.05, 4.69) is 20.8 Å². The monoisotopic (exact) mass is 208 g/mol. The van der Waals surface area contributed by atoms with Crippen LogP contribution in [0.3, 0.4) is 0 Å². The minimum atomic E-state index is -0.137. The fraction of sp³-hybridized carbons (Fsp3) is 0.571. The molecule has 1 aliphatic carbocycles. The molecule has 1 fully saturated rings. The molecule has 0 aromatic heterocycles. The fourth-order valence-corrected chi connectivity index (χ4v) is 1.85. The third-order valence-electron chi connectivity index (χ3n) is 3.00. The Labute approximate surface area is 92.5 Å². The molecule has 1 saturated carbocycles. The van der Waals surface area contributed by atoms with Gasteiger partial charge in [-0.15, -0.1) is 0 Å². The minimum absolute atomic E-state index is 0.137. The van der Waals surface area contributed by atoms with Crippen molar-refractivity contribution in [1.82, 2.24) is 0 Å². The quantitative estimate of drug-likeness (QED) is 0.628. The van der Waals surface area contributed by atoms with Crippen molar-refractivity contribution in [3.8, 4) is 0 Å². The molecule has 1 aromatic carbocycles. The summed E-state index contributed by atoms with van der Waals surface area (Å²) in [6, 6.07) is 6.93. The summed E-state index contributed by atoms with van der Waals surface area (Å²) in [6.07, 6.45) is 5.06. The van der Waals surface area contributed by atoms with E-state index in [0.29, 0.717) is 5.41 Å². The first-order valence-corrected chi connectivity index (χ1v) is 5.88. The van der Waals surface area contributed by atoms with Crippen LogP contribution in [0.25, 0.3) is 0 Å². The predicted octanol–water partition coefficient (Wildman–Crippen LogP) is 4.68. The molecule has 0 spiro atoms. The SMILES string of the molecule is CC1(c2ccc(F)cc2)CCC1.CCC. The van der Waals surface area contributed by atoms with Crippen molar-refractivity contribution in [2.75, 3.05) is 0 Å². The van der Waals surface area contributed by atoms with E-state index in [1.807, 2.05) is 12.1 Å². The van der Waals surface area contributed by atoms with Gasteiger partial charge < -0.3 is 0 Å². The summed E-state index contributed by atoms with van der Waals surface area (Å²) < 4.78 is 12.6. The van der Waals surface area contributed by atoms with E-state index in [4.69, 9.17) is 0 Å². The molecule has 84 valence electrons. The Morgan fingerprint density at radius 1 is 1.13 bits per heavy atom. The number of hydrogen-bond acceptors (Lipinski definition) is 0. The van der Waals surface area contributed by atoms with Crippen LogP contribution >= 0.6 is 0 Å². The molecule has 0 atom stereocenters. The van der Waals surface area contributed by atoms with E-state index in [1.165, 1.54) is 31.2 Å². The largest absolute Gasteiger partial charge is 0.207 e. The van der Waals surface area contributed by atoms with Gasteiger partial charge in [-0.2, -0.15) is 0 Å². The van der Waals surface area contributed by atoms with Crippen LogP contribution in [0.2, 0.25) is 0 Å². The van der Waals surface area contributed by atoms with Crippen LogP contribution in [0.1, 0.15) is 52.0 Å². The summed E-state index contributed by atoms with van der Waals surface area (Å²) in [5.41, 5.74) is 1.63. The molecule has 0 saturated heterocycles. The Kier molecular flexibility index (Phi) is 4.31. The van der Waals surface area contributed by atoms with Crippen LogP contribution < -0.4 is 0 Å². The van der Waals surface area contributed by atoms with Gasteiger partial charge in [-0.05, 0) is 36.0 Å². The standard InChI is InChI=1S/C11H13F.C3H8/c1-11(7-2-8-11)9-3-5-10(12)6-4-9;1-3-2/h3-6H,2,7-8H2,1H3;3H2,1-2H3. The number of hydrogen-bond donors (Lipinski definition) is 0. The molecule has 0 unspecified atom stereocenters. The topological polar surface area (TPSA) is 0 Å². The molecule has 0 amide bonds. The maximum Gasteiger partial charge on any atom is 0.123 e. The lowest BCUT2D eigenvalue weighted by Gasteiger charge is -2.38. The molecule has 0 radical (unpaired) electrons. The van der Waals surface area contributed by atoms with E-state index < -0.39 is 0 Å². The lowest BCUT2D eigenvalue weighted by atomic mass is 9.66. The average Bonchev–Trinajstić information content (AvgIpc) is 2.17. The van der Waals surface area contributed by atoms with Crippen molar-refractivity contribution in [1.29, 1.82) is 0 Å². The second kappa shape index (κ2) is 5.29.